The maximum absolute atomic E-state index is 3.40. The van der Waals surface area contributed by atoms with E-state index in [2.05, 4.69) is 57.7 Å². The third-order valence-electron chi connectivity index (χ3n) is 1.74. The lowest BCUT2D eigenvalue weighted by atomic mass is 10.2. The van der Waals surface area contributed by atoms with E-state index in [-0.39, 0.29) is 0 Å². The molecule has 1 N–H and O–H groups in total. The summed E-state index contributed by atoms with van der Waals surface area (Å²) >= 11 is 3.40. The Labute approximate surface area is 88.0 Å². The van der Waals surface area contributed by atoms with E-state index < -0.39 is 0 Å². The fourth-order valence-electron chi connectivity index (χ4n) is 1.02. The van der Waals surface area contributed by atoms with Gasteiger partial charge in [0.05, 0.1) is 0 Å². The van der Waals surface area contributed by atoms with Crippen LogP contribution in [-0.4, -0.2) is 13.6 Å². The lowest BCUT2D eigenvalue weighted by Gasteiger charge is -1.94. The summed E-state index contributed by atoms with van der Waals surface area (Å²) in [7, 11) is 1.97. The summed E-state index contributed by atoms with van der Waals surface area (Å²) in [5, 5.41) is 3.10. The van der Waals surface area contributed by atoms with E-state index in [4.69, 9.17) is 0 Å². The summed E-state index contributed by atoms with van der Waals surface area (Å²) in [5.74, 6) is 0. The predicted molar refractivity (Wildman–Crippen MR) is 61.7 cm³/mol. The summed E-state index contributed by atoms with van der Waals surface area (Å²) < 4.78 is 1.12. The molecule has 0 unspecified atom stereocenters. The second-order valence-electron chi connectivity index (χ2n) is 2.85. The molecular weight excluding hydrogens is 226 g/mol. The smallest absolute Gasteiger partial charge is 0.0175 e. The maximum atomic E-state index is 3.40. The van der Waals surface area contributed by atoms with E-state index in [0.29, 0.717) is 0 Å². The maximum Gasteiger partial charge on any atom is 0.0175 e. The van der Waals surface area contributed by atoms with Gasteiger partial charge in [0.1, 0.15) is 0 Å². The van der Waals surface area contributed by atoms with Gasteiger partial charge in [-0.25, -0.2) is 0 Å². The number of hydrogen-bond donors (Lipinski definition) is 1. The van der Waals surface area contributed by atoms with Gasteiger partial charge in [0.15, 0.2) is 0 Å². The number of rotatable bonds is 4. The molecule has 13 heavy (non-hydrogen) atoms. The SMILES string of the molecule is CNCCC=Cc1ccc(Br)cc1. The number of hydrogen-bond acceptors (Lipinski definition) is 1. The van der Waals surface area contributed by atoms with E-state index in [0.717, 1.165) is 17.4 Å². The van der Waals surface area contributed by atoms with Crippen molar-refractivity contribution in [1.29, 1.82) is 0 Å². The molecular formula is C11H14BrN. The van der Waals surface area contributed by atoms with E-state index in [1.807, 2.05) is 7.05 Å². The zero-order valence-corrected chi connectivity index (χ0v) is 9.34. The molecule has 2 heteroatoms. The highest BCUT2D eigenvalue weighted by Gasteiger charge is 1.86. The molecule has 0 aliphatic heterocycles. The van der Waals surface area contributed by atoms with Crippen molar-refractivity contribution >= 4 is 22.0 Å². The monoisotopic (exact) mass is 239 g/mol. The lowest BCUT2D eigenvalue weighted by Crippen LogP contribution is -2.05. The summed E-state index contributed by atoms with van der Waals surface area (Å²) in [6.45, 7) is 1.03. The van der Waals surface area contributed by atoms with Crippen molar-refractivity contribution in [2.24, 2.45) is 0 Å². The van der Waals surface area contributed by atoms with Gasteiger partial charge in [-0.05, 0) is 37.7 Å². The molecule has 0 spiro atoms. The van der Waals surface area contributed by atoms with Gasteiger partial charge in [-0.1, -0.05) is 40.2 Å². The normalized spacial score (nSPS) is 10.9. The molecule has 0 fully saturated rings. The first-order valence-electron chi connectivity index (χ1n) is 4.39. The highest BCUT2D eigenvalue weighted by Crippen LogP contribution is 2.11. The lowest BCUT2D eigenvalue weighted by molar-refractivity contribution is 0.809. The minimum atomic E-state index is 1.03. The summed E-state index contributed by atoms with van der Waals surface area (Å²) in [6.07, 6.45) is 5.40. The average molecular weight is 240 g/mol. The zero-order chi connectivity index (χ0) is 9.52. The van der Waals surface area contributed by atoms with Crippen LogP contribution in [0.15, 0.2) is 34.8 Å². The third kappa shape index (κ3) is 4.25. The number of halogens is 1. The fourth-order valence-corrected chi connectivity index (χ4v) is 1.29. The van der Waals surface area contributed by atoms with Gasteiger partial charge in [-0.3, -0.25) is 0 Å². The zero-order valence-electron chi connectivity index (χ0n) is 7.76. The Morgan fingerprint density at radius 3 is 2.62 bits per heavy atom. The van der Waals surface area contributed by atoms with Crippen molar-refractivity contribution < 1.29 is 0 Å². The van der Waals surface area contributed by atoms with Gasteiger partial charge >= 0.3 is 0 Å². The van der Waals surface area contributed by atoms with E-state index >= 15 is 0 Å². The molecule has 1 nitrogen and oxygen atoms in total. The van der Waals surface area contributed by atoms with Gasteiger partial charge < -0.3 is 5.32 Å². The van der Waals surface area contributed by atoms with Crippen LogP contribution in [0.1, 0.15) is 12.0 Å². The Bertz CT molecular complexity index is 264. The Morgan fingerprint density at radius 1 is 1.31 bits per heavy atom. The standard InChI is InChI=1S/C11H14BrN/c1-13-9-3-2-4-10-5-7-11(12)8-6-10/h2,4-8,13H,3,9H2,1H3. The average Bonchev–Trinajstić information content (AvgIpc) is 2.15. The van der Waals surface area contributed by atoms with Crippen LogP contribution in [0.3, 0.4) is 0 Å². The van der Waals surface area contributed by atoms with Crippen LogP contribution in [0.5, 0.6) is 0 Å². The highest BCUT2D eigenvalue weighted by atomic mass is 79.9. The van der Waals surface area contributed by atoms with E-state index in [1.165, 1.54) is 5.56 Å². The fraction of sp³-hybridized carbons (Fsp3) is 0.273. The van der Waals surface area contributed by atoms with Crippen molar-refractivity contribution in [3.63, 3.8) is 0 Å². The molecule has 0 atom stereocenters. The van der Waals surface area contributed by atoms with Gasteiger partial charge in [0, 0.05) is 4.47 Å². The first kappa shape index (κ1) is 10.5. The number of benzene rings is 1. The topological polar surface area (TPSA) is 12.0 Å². The molecule has 1 aromatic carbocycles. The van der Waals surface area contributed by atoms with E-state index in [1.54, 1.807) is 0 Å². The van der Waals surface area contributed by atoms with Crippen LogP contribution in [0.4, 0.5) is 0 Å². The second-order valence-corrected chi connectivity index (χ2v) is 3.76. The van der Waals surface area contributed by atoms with Crippen molar-refractivity contribution in [3.05, 3.63) is 40.4 Å². The first-order chi connectivity index (χ1) is 6.33. The molecule has 0 bridgehead atoms. The van der Waals surface area contributed by atoms with Crippen LogP contribution < -0.4 is 5.32 Å². The molecule has 70 valence electrons. The Morgan fingerprint density at radius 2 is 2.00 bits per heavy atom. The van der Waals surface area contributed by atoms with Gasteiger partial charge in [-0.2, -0.15) is 0 Å². The summed E-state index contributed by atoms with van der Waals surface area (Å²) in [5.41, 5.74) is 1.25. The summed E-state index contributed by atoms with van der Waals surface area (Å²) in [6, 6.07) is 8.30. The van der Waals surface area contributed by atoms with Gasteiger partial charge in [-0.15, -0.1) is 0 Å². The van der Waals surface area contributed by atoms with Gasteiger partial charge in [0.25, 0.3) is 0 Å². The van der Waals surface area contributed by atoms with Crippen molar-refractivity contribution in [3.8, 4) is 0 Å². The second kappa shape index (κ2) is 5.95. The van der Waals surface area contributed by atoms with Gasteiger partial charge in [0.2, 0.25) is 0 Å². The molecule has 0 saturated carbocycles. The van der Waals surface area contributed by atoms with Crippen molar-refractivity contribution in [2.75, 3.05) is 13.6 Å². The molecule has 1 aromatic rings. The minimum absolute atomic E-state index is 1.03. The first-order valence-corrected chi connectivity index (χ1v) is 5.19. The van der Waals surface area contributed by atoms with Crippen LogP contribution in [-0.2, 0) is 0 Å². The van der Waals surface area contributed by atoms with Crippen LogP contribution >= 0.6 is 15.9 Å². The molecule has 0 amide bonds. The molecule has 1 rings (SSSR count). The molecule has 0 heterocycles. The molecule has 0 aliphatic carbocycles. The molecule has 0 aromatic heterocycles. The summed E-state index contributed by atoms with van der Waals surface area (Å²) in [4.78, 5) is 0. The quantitative estimate of drug-likeness (QED) is 0.797. The van der Waals surface area contributed by atoms with Crippen molar-refractivity contribution in [2.45, 2.75) is 6.42 Å². The van der Waals surface area contributed by atoms with Crippen LogP contribution in [0.25, 0.3) is 6.08 Å². The number of nitrogens with one attached hydrogen (secondary N) is 1. The Hall–Kier alpha value is -0.600. The molecule has 0 radical (unpaired) electrons. The Kier molecular flexibility index (Phi) is 4.79. The van der Waals surface area contributed by atoms with Crippen LogP contribution in [0.2, 0.25) is 0 Å². The molecule has 0 aliphatic rings. The van der Waals surface area contributed by atoms with Crippen molar-refractivity contribution in [1.82, 2.24) is 5.32 Å². The van der Waals surface area contributed by atoms with E-state index in [9.17, 15) is 0 Å². The highest BCUT2D eigenvalue weighted by molar-refractivity contribution is 9.10. The minimum Gasteiger partial charge on any atom is -0.319 e. The Balaban J connectivity index is 2.44. The third-order valence-corrected chi connectivity index (χ3v) is 2.27. The largest absolute Gasteiger partial charge is 0.319 e. The predicted octanol–water partition coefficient (Wildman–Crippen LogP) is 3.07. The molecule has 0 saturated heterocycles. The van der Waals surface area contributed by atoms with Crippen LogP contribution in [0, 0.1) is 0 Å².